The van der Waals surface area contributed by atoms with E-state index in [4.69, 9.17) is 4.74 Å². The van der Waals surface area contributed by atoms with E-state index in [1.165, 1.54) is 11.3 Å². The lowest BCUT2D eigenvalue weighted by Gasteiger charge is -2.26. The normalized spacial score (nSPS) is 20.0. The Kier molecular flexibility index (Phi) is 14.5. The van der Waals surface area contributed by atoms with Crippen molar-refractivity contribution < 1.29 is 43.4 Å². The average molecular weight is 810 g/mol. The highest BCUT2D eigenvalue weighted by Crippen LogP contribution is 2.23. The lowest BCUT2D eigenvalue weighted by Crippen LogP contribution is -2.57. The zero-order valence-electron chi connectivity index (χ0n) is 32.4. The van der Waals surface area contributed by atoms with E-state index in [2.05, 4.69) is 26.6 Å². The van der Waals surface area contributed by atoms with Gasteiger partial charge in [-0.05, 0) is 73.0 Å². The summed E-state index contributed by atoms with van der Waals surface area (Å²) in [4.78, 5) is 94.0. The molecule has 5 amide bonds. The van der Waals surface area contributed by atoms with Crippen molar-refractivity contribution in [1.29, 1.82) is 0 Å². The van der Waals surface area contributed by atoms with Gasteiger partial charge in [-0.1, -0.05) is 72.8 Å². The maximum Gasteiger partial charge on any atom is 0.326 e. The van der Waals surface area contributed by atoms with Crippen molar-refractivity contribution in [3.8, 4) is 11.1 Å². The van der Waals surface area contributed by atoms with E-state index in [0.717, 1.165) is 11.1 Å². The topological polar surface area (TPSA) is 209 Å². The molecule has 6 N–H and O–H groups in total. The molecule has 0 fully saturated rings. The minimum absolute atomic E-state index is 0.0497. The smallest absolute Gasteiger partial charge is 0.326 e. The Labute approximate surface area is 340 Å². The summed E-state index contributed by atoms with van der Waals surface area (Å²) in [5.74, 6) is -5.44. The molecule has 2 aliphatic heterocycles. The van der Waals surface area contributed by atoms with Gasteiger partial charge in [-0.25, -0.2) is 4.79 Å². The molecule has 3 aromatic carbocycles. The maximum absolute atomic E-state index is 14.3. The number of fused-ring (bicyclic) bond motifs is 18. The molecule has 1 unspecified atom stereocenters. The van der Waals surface area contributed by atoms with Gasteiger partial charge >= 0.3 is 11.9 Å². The molecule has 14 nitrogen and oxygen atoms in total. The molecular formula is C43H47N5O9S. The largest absolute Gasteiger partial charge is 0.480 e. The standard InChI is InChI=1S/C43H47N5O9S/c1-43(2,3)57-37(51)22-19-31-39(52)47-33(42(55)56)25-27-13-17-30(18-14-27)44-35(49)20-21-36(50)48-38(34-10-7-23-58-34)41(54)46-32(40(53)45-31)24-26-11-15-29(16-12-26)28-8-5-4-6-9-28/h4-18,23,31-33,38H,19-22,24-25H2,1-3H3,(H,44,49)(H,45,53)(H,46,54)(H,47,52)(H,48,50)(H,55,56)/t31-,32+,33+,38?/m1/s1. The van der Waals surface area contributed by atoms with Crippen LogP contribution in [0.2, 0.25) is 0 Å². The number of carbonyl (C=O) groups is 7. The third-order valence-electron chi connectivity index (χ3n) is 9.09. The fraction of sp³-hybridized carbons (Fsp3) is 0.326. The number of esters is 1. The number of nitrogens with one attached hydrogen (secondary N) is 5. The summed E-state index contributed by atoms with van der Waals surface area (Å²) >= 11 is 1.21. The van der Waals surface area contributed by atoms with Gasteiger partial charge in [-0.2, -0.15) is 0 Å². The van der Waals surface area contributed by atoms with Crippen molar-refractivity contribution in [2.45, 2.75) is 89.1 Å². The highest BCUT2D eigenvalue weighted by atomic mass is 32.1. The van der Waals surface area contributed by atoms with Gasteiger partial charge in [0.15, 0.2) is 0 Å². The second kappa shape index (κ2) is 19.7. The summed E-state index contributed by atoms with van der Waals surface area (Å²) in [5.41, 5.74) is 2.63. The van der Waals surface area contributed by atoms with E-state index in [1.807, 2.05) is 54.6 Å². The number of rotatable bonds is 8. The Balaban J connectivity index is 1.50. The number of benzene rings is 3. The number of aliphatic carboxylic acids is 1. The van der Waals surface area contributed by atoms with Crippen LogP contribution in [0.15, 0.2) is 96.4 Å². The van der Waals surface area contributed by atoms with Gasteiger partial charge in [0.1, 0.15) is 29.8 Å². The summed E-state index contributed by atoms with van der Waals surface area (Å²) in [7, 11) is 0. The molecule has 4 atom stereocenters. The quantitative estimate of drug-likeness (QED) is 0.110. The zero-order chi connectivity index (χ0) is 41.8. The molecule has 15 heteroatoms. The molecule has 58 heavy (non-hydrogen) atoms. The summed E-state index contributed by atoms with van der Waals surface area (Å²) in [6, 6.07) is 21.2. The minimum atomic E-state index is -1.44. The molecule has 6 rings (SSSR count). The molecule has 0 aliphatic carbocycles. The highest BCUT2D eigenvalue weighted by molar-refractivity contribution is 7.10. The molecule has 0 spiro atoms. The van der Waals surface area contributed by atoms with E-state index in [9.17, 15) is 38.7 Å². The number of hydrogen-bond acceptors (Lipinski definition) is 9. The fourth-order valence-corrected chi connectivity index (χ4v) is 6.97. The van der Waals surface area contributed by atoms with Crippen LogP contribution in [0.4, 0.5) is 5.69 Å². The van der Waals surface area contributed by atoms with Gasteiger partial charge in [0, 0.05) is 42.7 Å². The maximum atomic E-state index is 14.3. The highest BCUT2D eigenvalue weighted by Gasteiger charge is 2.33. The lowest BCUT2D eigenvalue weighted by atomic mass is 9.99. The average Bonchev–Trinajstić information content (AvgIpc) is 3.72. The van der Waals surface area contributed by atoms with Crippen molar-refractivity contribution in [3.63, 3.8) is 0 Å². The number of hydrogen-bond donors (Lipinski definition) is 6. The predicted molar refractivity (Wildman–Crippen MR) is 217 cm³/mol. The second-order valence-electron chi connectivity index (χ2n) is 14.9. The number of anilines is 1. The number of carboxylic acid groups (broad SMARTS) is 1. The molecule has 2 aliphatic rings. The first-order valence-corrected chi connectivity index (χ1v) is 19.7. The molecule has 4 aromatic rings. The van der Waals surface area contributed by atoms with Crippen LogP contribution in [-0.4, -0.2) is 70.3 Å². The van der Waals surface area contributed by atoms with Crippen molar-refractivity contribution >= 4 is 58.5 Å². The second-order valence-corrected chi connectivity index (χ2v) is 15.9. The molecular weight excluding hydrogens is 763 g/mol. The van der Waals surface area contributed by atoms with Crippen LogP contribution >= 0.6 is 11.3 Å². The molecule has 0 saturated heterocycles. The molecule has 0 radical (unpaired) electrons. The van der Waals surface area contributed by atoms with Crippen LogP contribution in [0.1, 0.15) is 68.5 Å². The third kappa shape index (κ3) is 12.8. The molecule has 2 bridgehead atoms. The summed E-state index contributed by atoms with van der Waals surface area (Å²) in [5, 5.41) is 25.2. The molecule has 304 valence electrons. The van der Waals surface area contributed by atoms with Gasteiger partial charge < -0.3 is 36.4 Å². The Morgan fingerprint density at radius 3 is 2.00 bits per heavy atom. The van der Waals surface area contributed by atoms with Crippen LogP contribution < -0.4 is 26.6 Å². The van der Waals surface area contributed by atoms with Crippen molar-refractivity contribution in [3.05, 3.63) is 112 Å². The number of ether oxygens (including phenoxy) is 1. The SMILES string of the molecule is CC(C)(C)OC(=O)CC[C@H]1NC(=O)[C@H](Cc2ccc(-c3ccccc3)cc2)NC(=O)C(c2cccs2)NC(=O)CCC(=O)Nc2ccc(cc2)C[C@@H](C(=O)O)NC1=O. The Hall–Kier alpha value is -6.35. The van der Waals surface area contributed by atoms with Crippen LogP contribution in [-0.2, 0) is 51.1 Å². The number of carboxylic acids is 1. The Morgan fingerprint density at radius 1 is 0.724 bits per heavy atom. The van der Waals surface area contributed by atoms with Crippen LogP contribution in [0, 0.1) is 0 Å². The van der Waals surface area contributed by atoms with Crippen LogP contribution in [0.25, 0.3) is 11.1 Å². The van der Waals surface area contributed by atoms with E-state index < -0.39 is 71.2 Å². The van der Waals surface area contributed by atoms with Crippen molar-refractivity contribution in [2.24, 2.45) is 0 Å². The van der Waals surface area contributed by atoms with Gasteiger partial charge in [0.2, 0.25) is 29.5 Å². The van der Waals surface area contributed by atoms with E-state index >= 15 is 0 Å². The molecule has 1 aromatic heterocycles. The predicted octanol–water partition coefficient (Wildman–Crippen LogP) is 4.45. The van der Waals surface area contributed by atoms with Gasteiger partial charge in [0.05, 0.1) is 0 Å². The molecule has 0 saturated carbocycles. The van der Waals surface area contributed by atoms with Crippen LogP contribution in [0.3, 0.4) is 0 Å². The monoisotopic (exact) mass is 809 g/mol. The first-order chi connectivity index (χ1) is 27.6. The first kappa shape index (κ1) is 42.8. The number of thiophene rings is 1. The zero-order valence-corrected chi connectivity index (χ0v) is 33.2. The van der Waals surface area contributed by atoms with E-state index in [0.29, 0.717) is 21.7 Å². The summed E-state index contributed by atoms with van der Waals surface area (Å²) in [6.07, 6.45) is -1.20. The number of carbonyl (C=O) groups excluding carboxylic acids is 6. The van der Waals surface area contributed by atoms with Crippen molar-refractivity contribution in [1.82, 2.24) is 21.3 Å². The third-order valence-corrected chi connectivity index (χ3v) is 10.0. The summed E-state index contributed by atoms with van der Waals surface area (Å²) < 4.78 is 5.43. The van der Waals surface area contributed by atoms with Gasteiger partial charge in [-0.3, -0.25) is 28.8 Å². The summed E-state index contributed by atoms with van der Waals surface area (Å²) in [6.45, 7) is 5.06. The lowest BCUT2D eigenvalue weighted by molar-refractivity contribution is -0.155. The van der Waals surface area contributed by atoms with Crippen molar-refractivity contribution in [2.75, 3.05) is 5.32 Å². The van der Waals surface area contributed by atoms with Gasteiger partial charge in [-0.15, -0.1) is 11.3 Å². The van der Waals surface area contributed by atoms with Gasteiger partial charge in [0.25, 0.3) is 0 Å². The Bertz CT molecular complexity index is 2080. The fourth-order valence-electron chi connectivity index (χ4n) is 6.20. The minimum Gasteiger partial charge on any atom is -0.480 e. The number of amides is 5. The van der Waals surface area contributed by atoms with E-state index in [-0.39, 0.29) is 38.5 Å². The Morgan fingerprint density at radius 2 is 1.36 bits per heavy atom. The van der Waals surface area contributed by atoms with Crippen LogP contribution in [0.5, 0.6) is 0 Å². The molecule has 3 heterocycles. The first-order valence-electron chi connectivity index (χ1n) is 18.8. The van der Waals surface area contributed by atoms with E-state index in [1.54, 1.807) is 62.5 Å².